The molecule has 230 valence electrons. The number of hydrogen-bond acceptors (Lipinski definition) is 6. The normalized spacial score (nSPS) is 11.3. The standard InChI is InChI=1S/C41H25N5S.Pt/c1-26-24-33-30-19-9-8-16-28(30)25-34(39(33)47-26)38-32-21-11-13-23-36(32)43-41(45-38)46(29-17-6-3-7-18-29)40-42-35-22-12-10-20-31(35)37(44-40)27-14-4-2-5-15-27;/h2-14,16-24H,1H3;/q-2;+2. The van der Waals surface area contributed by atoms with Gasteiger partial charge in [-0.05, 0) is 51.5 Å². The molecule has 3 aromatic heterocycles. The summed E-state index contributed by atoms with van der Waals surface area (Å²) < 4.78 is 1.16. The van der Waals surface area contributed by atoms with Crippen molar-refractivity contribution in [2.24, 2.45) is 0 Å². The maximum absolute atomic E-state index is 5.38. The molecule has 0 fully saturated rings. The van der Waals surface area contributed by atoms with Crippen LogP contribution in [0.15, 0.2) is 133 Å². The molecule has 48 heavy (non-hydrogen) atoms. The number of para-hydroxylation sites is 3. The first kappa shape index (κ1) is 30.1. The van der Waals surface area contributed by atoms with Crippen molar-refractivity contribution in [2.75, 3.05) is 4.90 Å². The molecule has 0 aliphatic carbocycles. The molecule has 9 aromatic rings. The average Bonchev–Trinajstić information content (AvgIpc) is 3.53. The fourth-order valence-corrected chi connectivity index (χ4v) is 7.28. The molecule has 5 nitrogen and oxygen atoms in total. The first-order chi connectivity index (χ1) is 23.2. The number of benzene rings is 6. The van der Waals surface area contributed by atoms with Crippen molar-refractivity contribution in [3.63, 3.8) is 0 Å². The van der Waals surface area contributed by atoms with Gasteiger partial charge in [0.15, 0.2) is 0 Å². The van der Waals surface area contributed by atoms with E-state index in [4.69, 9.17) is 19.9 Å². The van der Waals surface area contributed by atoms with Crippen LogP contribution in [0.5, 0.6) is 0 Å². The Balaban J connectivity index is 0.00000336. The summed E-state index contributed by atoms with van der Waals surface area (Å²) in [7, 11) is 0. The molecule has 0 radical (unpaired) electrons. The van der Waals surface area contributed by atoms with Crippen LogP contribution < -0.4 is 4.90 Å². The Labute approximate surface area is 295 Å². The van der Waals surface area contributed by atoms with E-state index in [1.54, 1.807) is 11.3 Å². The van der Waals surface area contributed by atoms with E-state index in [2.05, 4.69) is 61.5 Å². The van der Waals surface area contributed by atoms with E-state index in [-0.39, 0.29) is 21.1 Å². The summed E-state index contributed by atoms with van der Waals surface area (Å²) in [4.78, 5) is 24.0. The Morgan fingerprint density at radius 1 is 0.583 bits per heavy atom. The zero-order chi connectivity index (χ0) is 31.3. The van der Waals surface area contributed by atoms with Gasteiger partial charge in [-0.3, -0.25) is 9.97 Å². The van der Waals surface area contributed by atoms with E-state index in [0.717, 1.165) is 60.1 Å². The van der Waals surface area contributed by atoms with Crippen LogP contribution in [-0.4, -0.2) is 19.9 Å². The Kier molecular flexibility index (Phi) is 7.76. The van der Waals surface area contributed by atoms with Gasteiger partial charge in [-0.25, -0.2) is 14.9 Å². The molecule has 9 rings (SSSR count). The summed E-state index contributed by atoms with van der Waals surface area (Å²) in [5, 5.41) is 5.37. The minimum Gasteiger partial charge on any atom is -0.262 e. The molecule has 0 N–H and O–H groups in total. The molecule has 0 unspecified atom stereocenters. The first-order valence-corrected chi connectivity index (χ1v) is 16.2. The Morgan fingerprint density at radius 3 is 1.90 bits per heavy atom. The van der Waals surface area contributed by atoms with Crippen LogP contribution in [0.2, 0.25) is 0 Å². The zero-order valence-electron chi connectivity index (χ0n) is 25.7. The van der Waals surface area contributed by atoms with Gasteiger partial charge in [-0.1, -0.05) is 95.2 Å². The maximum atomic E-state index is 5.38. The Morgan fingerprint density at radius 2 is 1.19 bits per heavy atom. The average molecular weight is 815 g/mol. The molecule has 0 bridgehead atoms. The second kappa shape index (κ2) is 12.4. The van der Waals surface area contributed by atoms with E-state index < -0.39 is 0 Å². The van der Waals surface area contributed by atoms with Crippen molar-refractivity contribution in [3.05, 3.63) is 150 Å². The van der Waals surface area contributed by atoms with E-state index in [0.29, 0.717) is 11.9 Å². The van der Waals surface area contributed by atoms with Crippen molar-refractivity contribution < 1.29 is 21.1 Å². The number of anilines is 3. The van der Waals surface area contributed by atoms with Gasteiger partial charge in [0, 0.05) is 11.4 Å². The number of hydrogen-bond donors (Lipinski definition) is 0. The largest absolute Gasteiger partial charge is 2.00 e. The van der Waals surface area contributed by atoms with Crippen LogP contribution >= 0.6 is 11.3 Å². The third-order valence-electron chi connectivity index (χ3n) is 8.36. The summed E-state index contributed by atoms with van der Waals surface area (Å²) >= 11 is 1.77. The first-order valence-electron chi connectivity index (χ1n) is 15.4. The third kappa shape index (κ3) is 5.14. The maximum Gasteiger partial charge on any atom is 2.00 e. The molecule has 0 saturated heterocycles. The van der Waals surface area contributed by atoms with Gasteiger partial charge in [0.2, 0.25) is 11.9 Å². The molecule has 0 saturated carbocycles. The molecule has 0 aliphatic heterocycles. The predicted octanol–water partition coefficient (Wildman–Crippen LogP) is 10.7. The van der Waals surface area contributed by atoms with Crippen LogP contribution in [0.1, 0.15) is 4.88 Å². The van der Waals surface area contributed by atoms with Crippen LogP contribution in [0.3, 0.4) is 0 Å². The van der Waals surface area contributed by atoms with E-state index >= 15 is 0 Å². The third-order valence-corrected chi connectivity index (χ3v) is 9.43. The minimum atomic E-state index is 0. The van der Waals surface area contributed by atoms with E-state index in [1.807, 2.05) is 95.9 Å². The van der Waals surface area contributed by atoms with Gasteiger partial charge in [0.1, 0.15) is 0 Å². The van der Waals surface area contributed by atoms with Crippen molar-refractivity contribution in [1.29, 1.82) is 0 Å². The molecule has 0 amide bonds. The van der Waals surface area contributed by atoms with Gasteiger partial charge in [0.25, 0.3) is 0 Å². The zero-order valence-corrected chi connectivity index (χ0v) is 28.8. The smallest absolute Gasteiger partial charge is 0.262 e. The van der Waals surface area contributed by atoms with Crippen molar-refractivity contribution in [2.45, 2.75) is 6.92 Å². The van der Waals surface area contributed by atoms with E-state index in [1.165, 1.54) is 15.6 Å². The van der Waals surface area contributed by atoms with Crippen LogP contribution in [0.4, 0.5) is 17.6 Å². The van der Waals surface area contributed by atoms with Crippen LogP contribution in [0, 0.1) is 19.1 Å². The number of aryl methyl sites for hydroxylation is 1. The monoisotopic (exact) mass is 814 g/mol. The van der Waals surface area contributed by atoms with Gasteiger partial charge in [-0.15, -0.1) is 53.4 Å². The molecule has 0 atom stereocenters. The number of aromatic nitrogens is 4. The Hall–Kier alpha value is -5.29. The quantitative estimate of drug-likeness (QED) is 0.162. The molecule has 3 heterocycles. The SMILES string of the molecule is Cc1cc2c(s1)c(-c1nc(N(c3ccccc3)c3nc(-c4[c-]cccc4)c4ccccc4n3)nc3ccccc13)[c-]c1ccccc12.[Pt+2]. The van der Waals surface area contributed by atoms with E-state index in [9.17, 15) is 0 Å². The van der Waals surface area contributed by atoms with Gasteiger partial charge < -0.3 is 0 Å². The summed E-state index contributed by atoms with van der Waals surface area (Å²) in [5.41, 5.74) is 5.98. The second-order valence-electron chi connectivity index (χ2n) is 11.4. The van der Waals surface area contributed by atoms with Crippen molar-refractivity contribution >= 4 is 71.6 Å². The number of fused-ring (bicyclic) bond motifs is 5. The molecule has 0 aliphatic rings. The molecular formula is C41H25N5PtS. The minimum absolute atomic E-state index is 0. The number of rotatable bonds is 5. The van der Waals surface area contributed by atoms with Crippen LogP contribution in [0.25, 0.3) is 65.2 Å². The molecule has 6 aromatic carbocycles. The molecule has 7 heteroatoms. The van der Waals surface area contributed by atoms with Gasteiger partial charge in [0.05, 0.1) is 16.7 Å². The van der Waals surface area contributed by atoms with Crippen LogP contribution in [-0.2, 0) is 21.1 Å². The molecular weight excluding hydrogens is 790 g/mol. The summed E-state index contributed by atoms with van der Waals surface area (Å²) in [6, 6.07) is 52.1. The van der Waals surface area contributed by atoms with Crippen molar-refractivity contribution in [3.8, 4) is 22.5 Å². The predicted molar refractivity (Wildman–Crippen MR) is 193 cm³/mol. The number of thiophene rings is 1. The summed E-state index contributed by atoms with van der Waals surface area (Å²) in [6.07, 6.45) is 0. The fraction of sp³-hybridized carbons (Fsp3) is 0.0244. The van der Waals surface area contributed by atoms with Gasteiger partial charge in [-0.2, -0.15) is 11.3 Å². The van der Waals surface area contributed by atoms with Gasteiger partial charge >= 0.3 is 21.1 Å². The Bertz CT molecular complexity index is 2600. The second-order valence-corrected chi connectivity index (χ2v) is 12.6. The fourth-order valence-electron chi connectivity index (χ4n) is 6.25. The molecule has 0 spiro atoms. The summed E-state index contributed by atoms with van der Waals surface area (Å²) in [6.45, 7) is 2.16. The topological polar surface area (TPSA) is 54.8 Å². The van der Waals surface area contributed by atoms with Crippen molar-refractivity contribution in [1.82, 2.24) is 19.9 Å². The summed E-state index contributed by atoms with van der Waals surface area (Å²) in [5.74, 6) is 0.953. The number of nitrogens with zero attached hydrogens (tertiary/aromatic N) is 5.